The van der Waals surface area contributed by atoms with Crippen LogP contribution in [-0.2, 0) is 4.79 Å². The highest BCUT2D eigenvalue weighted by Crippen LogP contribution is 2.42. The summed E-state index contributed by atoms with van der Waals surface area (Å²) in [7, 11) is 0. The fourth-order valence-electron chi connectivity index (χ4n) is 4.77. The van der Waals surface area contributed by atoms with Gasteiger partial charge in [0.05, 0.1) is 12.1 Å². The molecule has 1 saturated heterocycles. The first-order chi connectivity index (χ1) is 12.9. The second kappa shape index (κ2) is 7.03. The summed E-state index contributed by atoms with van der Waals surface area (Å²) >= 11 is 0. The highest BCUT2D eigenvalue weighted by Gasteiger charge is 2.47. The van der Waals surface area contributed by atoms with Crippen LogP contribution in [0.2, 0.25) is 0 Å². The quantitative estimate of drug-likeness (QED) is 0.754. The molecule has 1 heterocycles. The monoisotopic (exact) mass is 362 g/mol. The Hall–Kier alpha value is -2.29. The molecule has 1 saturated carbocycles. The lowest BCUT2D eigenvalue weighted by Gasteiger charge is -2.51. The Kier molecular flexibility index (Phi) is 4.71. The highest BCUT2D eigenvalue weighted by molar-refractivity contribution is 5.87. The standard InChI is InChI=1S/C24H30N2O/c1-18-4-9-21(10-5-18)25-15-24(14-20(3)8-13-23(24)27)16-26(17-25)22-11-6-19(2)7-12-22/h4-7,9-12,20H,8,13-17H2,1-3H3. The van der Waals surface area contributed by atoms with Gasteiger partial charge in [-0.25, -0.2) is 0 Å². The van der Waals surface area contributed by atoms with E-state index < -0.39 is 0 Å². The molecule has 3 heteroatoms. The molecule has 142 valence electrons. The first-order valence-corrected chi connectivity index (χ1v) is 10.1. The molecule has 2 aromatic carbocycles. The molecule has 2 aromatic rings. The van der Waals surface area contributed by atoms with Gasteiger partial charge in [0, 0.05) is 30.9 Å². The summed E-state index contributed by atoms with van der Waals surface area (Å²) in [4.78, 5) is 17.9. The molecule has 1 spiro atoms. The Morgan fingerprint density at radius 1 is 0.852 bits per heavy atom. The molecule has 0 bridgehead atoms. The second-order valence-corrected chi connectivity index (χ2v) is 8.76. The van der Waals surface area contributed by atoms with E-state index in [0.29, 0.717) is 11.7 Å². The van der Waals surface area contributed by atoms with Crippen molar-refractivity contribution in [3.8, 4) is 0 Å². The summed E-state index contributed by atoms with van der Waals surface area (Å²) in [6.07, 6.45) is 2.76. The van der Waals surface area contributed by atoms with Crippen molar-refractivity contribution in [2.45, 2.75) is 40.0 Å². The van der Waals surface area contributed by atoms with Crippen LogP contribution in [0.1, 0.15) is 37.3 Å². The van der Waals surface area contributed by atoms with Crippen molar-refractivity contribution >= 4 is 17.2 Å². The highest BCUT2D eigenvalue weighted by atomic mass is 16.1. The van der Waals surface area contributed by atoms with E-state index in [-0.39, 0.29) is 5.41 Å². The molecule has 0 radical (unpaired) electrons. The molecule has 0 N–H and O–H groups in total. The Morgan fingerprint density at radius 2 is 1.33 bits per heavy atom. The average molecular weight is 363 g/mol. The van der Waals surface area contributed by atoms with Gasteiger partial charge in [0.15, 0.2) is 0 Å². The van der Waals surface area contributed by atoms with E-state index in [9.17, 15) is 4.79 Å². The molecule has 1 atom stereocenters. The van der Waals surface area contributed by atoms with Crippen LogP contribution in [0, 0.1) is 25.2 Å². The van der Waals surface area contributed by atoms with Crippen LogP contribution >= 0.6 is 0 Å². The first-order valence-electron chi connectivity index (χ1n) is 10.1. The second-order valence-electron chi connectivity index (χ2n) is 8.76. The lowest BCUT2D eigenvalue weighted by Crippen LogP contribution is -2.60. The van der Waals surface area contributed by atoms with E-state index in [1.165, 1.54) is 22.5 Å². The molecule has 1 unspecified atom stereocenters. The predicted molar refractivity (Wildman–Crippen MR) is 112 cm³/mol. The van der Waals surface area contributed by atoms with Crippen molar-refractivity contribution in [1.82, 2.24) is 0 Å². The Bertz CT molecular complexity index is 756. The SMILES string of the molecule is Cc1ccc(N2CN(c3ccc(C)cc3)CC3(CC(C)CCC3=O)C2)cc1. The number of rotatable bonds is 2. The number of carbonyl (C=O) groups excluding carboxylic acids is 1. The molecular formula is C24H30N2O. The number of carbonyl (C=O) groups is 1. The number of hydrogen-bond donors (Lipinski definition) is 0. The van der Waals surface area contributed by atoms with Crippen molar-refractivity contribution in [3.05, 3.63) is 59.7 Å². The van der Waals surface area contributed by atoms with Gasteiger partial charge in [-0.05, 0) is 56.9 Å². The normalized spacial score (nSPS) is 22.3. The minimum atomic E-state index is -0.258. The molecule has 1 aliphatic carbocycles. The van der Waals surface area contributed by atoms with E-state index in [1.807, 2.05) is 0 Å². The number of hydrogen-bond acceptors (Lipinski definition) is 3. The van der Waals surface area contributed by atoms with Crippen LogP contribution in [0.3, 0.4) is 0 Å². The van der Waals surface area contributed by atoms with Gasteiger partial charge in [-0.2, -0.15) is 0 Å². The predicted octanol–water partition coefficient (Wildman–Crippen LogP) is 4.96. The van der Waals surface area contributed by atoms with E-state index in [4.69, 9.17) is 0 Å². The lowest BCUT2D eigenvalue weighted by atomic mass is 9.67. The van der Waals surface area contributed by atoms with E-state index >= 15 is 0 Å². The fraction of sp³-hybridized carbons (Fsp3) is 0.458. The molecule has 0 amide bonds. The third kappa shape index (κ3) is 3.60. The van der Waals surface area contributed by atoms with Gasteiger partial charge in [0.1, 0.15) is 5.78 Å². The van der Waals surface area contributed by atoms with Crippen LogP contribution in [0.4, 0.5) is 11.4 Å². The third-order valence-corrected chi connectivity index (χ3v) is 6.32. The molecule has 27 heavy (non-hydrogen) atoms. The lowest BCUT2D eigenvalue weighted by molar-refractivity contribution is -0.132. The fourth-order valence-corrected chi connectivity index (χ4v) is 4.77. The van der Waals surface area contributed by atoms with E-state index in [2.05, 4.69) is 79.1 Å². The largest absolute Gasteiger partial charge is 0.353 e. The van der Waals surface area contributed by atoms with Crippen LogP contribution in [0.15, 0.2) is 48.5 Å². The Morgan fingerprint density at radius 3 is 1.81 bits per heavy atom. The number of aryl methyl sites for hydroxylation is 2. The van der Waals surface area contributed by atoms with Crippen molar-refractivity contribution < 1.29 is 4.79 Å². The summed E-state index contributed by atoms with van der Waals surface area (Å²) in [6, 6.07) is 17.4. The maximum absolute atomic E-state index is 13.1. The van der Waals surface area contributed by atoms with Crippen LogP contribution in [-0.4, -0.2) is 25.5 Å². The molecule has 0 aromatic heterocycles. The van der Waals surface area contributed by atoms with Gasteiger partial charge in [0.2, 0.25) is 0 Å². The first kappa shape index (κ1) is 18.1. The maximum Gasteiger partial charge on any atom is 0.142 e. The van der Waals surface area contributed by atoms with Crippen LogP contribution < -0.4 is 9.80 Å². The molecule has 1 aliphatic heterocycles. The number of Topliss-reactive ketones (excluding diaryl/α,β-unsaturated/α-hetero) is 1. The number of benzene rings is 2. The van der Waals surface area contributed by atoms with Crippen molar-refractivity contribution in [2.75, 3.05) is 29.6 Å². The van der Waals surface area contributed by atoms with Gasteiger partial charge in [0.25, 0.3) is 0 Å². The number of ketones is 1. The number of nitrogens with zero attached hydrogens (tertiary/aromatic N) is 2. The van der Waals surface area contributed by atoms with Gasteiger partial charge in [-0.3, -0.25) is 4.79 Å². The molecule has 4 rings (SSSR count). The van der Waals surface area contributed by atoms with Crippen molar-refractivity contribution in [2.24, 2.45) is 11.3 Å². The minimum Gasteiger partial charge on any atom is -0.353 e. The molecule has 3 nitrogen and oxygen atoms in total. The third-order valence-electron chi connectivity index (χ3n) is 6.32. The Labute approximate surface area is 163 Å². The zero-order valence-corrected chi connectivity index (χ0v) is 16.7. The summed E-state index contributed by atoms with van der Waals surface area (Å²) in [5, 5.41) is 0. The van der Waals surface area contributed by atoms with Gasteiger partial charge < -0.3 is 9.80 Å². The van der Waals surface area contributed by atoms with Crippen LogP contribution in [0.25, 0.3) is 0 Å². The summed E-state index contributed by atoms with van der Waals surface area (Å²) in [5.74, 6) is 1.06. The zero-order chi connectivity index (χ0) is 19.0. The van der Waals surface area contributed by atoms with Gasteiger partial charge >= 0.3 is 0 Å². The van der Waals surface area contributed by atoms with Crippen molar-refractivity contribution in [3.63, 3.8) is 0 Å². The van der Waals surface area contributed by atoms with Crippen molar-refractivity contribution in [1.29, 1.82) is 0 Å². The maximum atomic E-state index is 13.1. The average Bonchev–Trinajstić information content (AvgIpc) is 2.66. The number of anilines is 2. The summed E-state index contributed by atoms with van der Waals surface area (Å²) in [5.41, 5.74) is 4.70. The smallest absolute Gasteiger partial charge is 0.142 e. The minimum absolute atomic E-state index is 0.258. The molecule has 2 aliphatic rings. The summed E-state index contributed by atoms with van der Waals surface area (Å²) < 4.78 is 0. The van der Waals surface area contributed by atoms with Gasteiger partial charge in [-0.15, -0.1) is 0 Å². The summed E-state index contributed by atoms with van der Waals surface area (Å²) in [6.45, 7) is 9.03. The van der Waals surface area contributed by atoms with Crippen LogP contribution in [0.5, 0.6) is 0 Å². The van der Waals surface area contributed by atoms with E-state index in [0.717, 1.165) is 39.0 Å². The van der Waals surface area contributed by atoms with E-state index in [1.54, 1.807) is 0 Å². The zero-order valence-electron chi connectivity index (χ0n) is 16.7. The topological polar surface area (TPSA) is 23.6 Å². The molecular weight excluding hydrogens is 332 g/mol. The molecule has 2 fully saturated rings. The Balaban J connectivity index is 1.70. The van der Waals surface area contributed by atoms with Gasteiger partial charge in [-0.1, -0.05) is 42.3 Å².